The lowest BCUT2D eigenvalue weighted by molar-refractivity contribution is -0.144. The SMILES string of the molecule is COC(=O)CN1S[C@@H](C(C)C)C(c2ccccc2)(c2ccccc2)C1=O. The van der Waals surface area contributed by atoms with Crippen LogP contribution in [-0.4, -0.2) is 35.1 Å². The van der Waals surface area contributed by atoms with Crippen LogP contribution in [0.25, 0.3) is 0 Å². The van der Waals surface area contributed by atoms with Crippen molar-refractivity contribution in [3.63, 3.8) is 0 Å². The van der Waals surface area contributed by atoms with Gasteiger partial charge in [0, 0.05) is 5.25 Å². The number of carbonyl (C=O) groups is 2. The molecule has 0 radical (unpaired) electrons. The van der Waals surface area contributed by atoms with Crippen molar-refractivity contribution in [2.75, 3.05) is 13.7 Å². The van der Waals surface area contributed by atoms with Crippen LogP contribution < -0.4 is 0 Å². The number of nitrogens with zero attached hydrogens (tertiary/aromatic N) is 1. The first-order valence-electron chi connectivity index (χ1n) is 8.68. The molecule has 0 aliphatic carbocycles. The molecule has 0 N–H and O–H groups in total. The highest BCUT2D eigenvalue weighted by Gasteiger charge is 2.58. The normalized spacial score (nSPS) is 19.0. The fourth-order valence-corrected chi connectivity index (χ4v) is 5.11. The first-order valence-corrected chi connectivity index (χ1v) is 9.52. The van der Waals surface area contributed by atoms with Crippen molar-refractivity contribution in [3.05, 3.63) is 71.8 Å². The molecule has 0 saturated carbocycles. The van der Waals surface area contributed by atoms with Gasteiger partial charge in [0.25, 0.3) is 0 Å². The Labute approximate surface area is 158 Å². The second-order valence-corrected chi connectivity index (χ2v) is 7.89. The predicted molar refractivity (Wildman–Crippen MR) is 104 cm³/mol. The Morgan fingerprint density at radius 2 is 1.58 bits per heavy atom. The highest BCUT2D eigenvalue weighted by atomic mass is 32.2. The van der Waals surface area contributed by atoms with E-state index in [1.807, 2.05) is 60.7 Å². The number of ether oxygens (including phenoxy) is 1. The number of carbonyl (C=O) groups excluding carboxylic acids is 2. The lowest BCUT2D eigenvalue weighted by Crippen LogP contribution is -2.46. The average Bonchev–Trinajstić information content (AvgIpc) is 2.96. The van der Waals surface area contributed by atoms with Crippen molar-refractivity contribution in [3.8, 4) is 0 Å². The number of hydrogen-bond donors (Lipinski definition) is 0. The third-order valence-corrected chi connectivity index (χ3v) is 6.47. The number of rotatable bonds is 5. The van der Waals surface area contributed by atoms with Crippen LogP contribution in [0, 0.1) is 5.92 Å². The van der Waals surface area contributed by atoms with Gasteiger partial charge in [0.2, 0.25) is 5.91 Å². The van der Waals surface area contributed by atoms with Gasteiger partial charge in [0.05, 0.1) is 7.11 Å². The summed E-state index contributed by atoms with van der Waals surface area (Å²) in [4.78, 5) is 25.5. The summed E-state index contributed by atoms with van der Waals surface area (Å²) >= 11 is 1.45. The highest BCUT2D eigenvalue weighted by molar-refractivity contribution is 7.98. The molecule has 0 spiro atoms. The molecule has 26 heavy (non-hydrogen) atoms. The minimum Gasteiger partial charge on any atom is -0.468 e. The quantitative estimate of drug-likeness (QED) is 0.596. The smallest absolute Gasteiger partial charge is 0.326 e. The van der Waals surface area contributed by atoms with Crippen LogP contribution in [0.1, 0.15) is 25.0 Å². The second kappa shape index (κ2) is 7.54. The minimum absolute atomic E-state index is 0.0237. The molecule has 1 aliphatic rings. The maximum atomic E-state index is 13.7. The zero-order valence-electron chi connectivity index (χ0n) is 15.2. The van der Waals surface area contributed by atoms with E-state index in [1.165, 1.54) is 19.1 Å². The van der Waals surface area contributed by atoms with Gasteiger partial charge in [-0.3, -0.25) is 13.9 Å². The maximum absolute atomic E-state index is 13.7. The van der Waals surface area contributed by atoms with Crippen molar-refractivity contribution in [1.82, 2.24) is 4.31 Å². The third kappa shape index (κ3) is 3.01. The van der Waals surface area contributed by atoms with E-state index in [1.54, 1.807) is 4.31 Å². The molecule has 1 heterocycles. The molecule has 2 aromatic rings. The summed E-state index contributed by atoms with van der Waals surface area (Å²) < 4.78 is 6.36. The van der Waals surface area contributed by atoms with E-state index in [2.05, 4.69) is 13.8 Å². The molecule has 0 aromatic heterocycles. The Balaban J connectivity index is 2.20. The van der Waals surface area contributed by atoms with E-state index < -0.39 is 11.4 Å². The fraction of sp³-hybridized carbons (Fsp3) is 0.333. The van der Waals surface area contributed by atoms with Gasteiger partial charge in [-0.1, -0.05) is 74.5 Å². The summed E-state index contributed by atoms with van der Waals surface area (Å²) in [6.07, 6.45) is 0. The van der Waals surface area contributed by atoms with E-state index in [0.29, 0.717) is 0 Å². The first-order chi connectivity index (χ1) is 12.5. The average molecular weight is 369 g/mol. The van der Waals surface area contributed by atoms with Gasteiger partial charge in [-0.2, -0.15) is 0 Å². The van der Waals surface area contributed by atoms with Crippen molar-refractivity contribution < 1.29 is 14.3 Å². The number of benzene rings is 2. The van der Waals surface area contributed by atoms with Crippen LogP contribution in [0.15, 0.2) is 60.7 Å². The van der Waals surface area contributed by atoms with Crippen molar-refractivity contribution in [2.45, 2.75) is 24.5 Å². The van der Waals surface area contributed by atoms with Crippen LogP contribution in [0.3, 0.4) is 0 Å². The monoisotopic (exact) mass is 369 g/mol. The lowest BCUT2D eigenvalue weighted by Gasteiger charge is -2.35. The van der Waals surface area contributed by atoms with Crippen molar-refractivity contribution in [2.24, 2.45) is 5.92 Å². The molecule has 2 aromatic carbocycles. The van der Waals surface area contributed by atoms with Gasteiger partial charge in [-0.05, 0) is 29.0 Å². The summed E-state index contributed by atoms with van der Waals surface area (Å²) in [6.45, 7) is 4.19. The Kier molecular flexibility index (Phi) is 5.37. The largest absolute Gasteiger partial charge is 0.468 e. The second-order valence-electron chi connectivity index (χ2n) is 6.73. The number of amides is 1. The van der Waals surface area contributed by atoms with Crippen LogP contribution >= 0.6 is 11.9 Å². The van der Waals surface area contributed by atoms with Gasteiger partial charge >= 0.3 is 5.97 Å². The number of hydrogen-bond acceptors (Lipinski definition) is 4. The van der Waals surface area contributed by atoms with Crippen LogP contribution in [0.4, 0.5) is 0 Å². The molecule has 1 atom stereocenters. The van der Waals surface area contributed by atoms with Gasteiger partial charge in [-0.25, -0.2) is 0 Å². The zero-order valence-corrected chi connectivity index (χ0v) is 16.0. The van der Waals surface area contributed by atoms with Crippen molar-refractivity contribution in [1.29, 1.82) is 0 Å². The van der Waals surface area contributed by atoms with Crippen LogP contribution in [-0.2, 0) is 19.7 Å². The number of esters is 1. The lowest BCUT2D eigenvalue weighted by atomic mass is 9.68. The van der Waals surface area contributed by atoms with Crippen LogP contribution in [0.2, 0.25) is 0 Å². The third-order valence-electron chi connectivity index (χ3n) is 4.80. The van der Waals surface area contributed by atoms with Crippen molar-refractivity contribution >= 4 is 23.8 Å². The summed E-state index contributed by atoms with van der Waals surface area (Å²) in [5.41, 5.74) is 1.08. The molecule has 1 aliphatic heterocycles. The topological polar surface area (TPSA) is 46.6 Å². The Bertz CT molecular complexity index is 737. The summed E-state index contributed by atoms with van der Waals surface area (Å²) in [7, 11) is 1.34. The predicted octanol–water partition coefficient (Wildman–Crippen LogP) is 3.66. The molecule has 1 saturated heterocycles. The molecule has 1 fully saturated rings. The molecular formula is C21H23NO3S. The summed E-state index contributed by atoms with van der Waals surface area (Å²) in [6, 6.07) is 19.7. The summed E-state index contributed by atoms with van der Waals surface area (Å²) in [5.74, 6) is -0.249. The van der Waals surface area contributed by atoms with Gasteiger partial charge in [-0.15, -0.1) is 0 Å². The highest BCUT2D eigenvalue weighted by Crippen LogP contribution is 2.52. The van der Waals surface area contributed by atoms with Gasteiger partial charge < -0.3 is 4.74 Å². The molecule has 4 nitrogen and oxygen atoms in total. The molecular weight excluding hydrogens is 346 g/mol. The molecule has 5 heteroatoms. The molecule has 3 rings (SSSR count). The minimum atomic E-state index is -0.824. The molecule has 0 unspecified atom stereocenters. The Morgan fingerprint density at radius 3 is 2.00 bits per heavy atom. The fourth-order valence-electron chi connectivity index (χ4n) is 3.64. The van der Waals surface area contributed by atoms with E-state index in [0.717, 1.165) is 11.1 Å². The number of methoxy groups -OCH3 is 1. The zero-order chi connectivity index (χ0) is 18.7. The van der Waals surface area contributed by atoms with E-state index in [-0.39, 0.29) is 23.6 Å². The van der Waals surface area contributed by atoms with Gasteiger partial charge in [0.1, 0.15) is 12.0 Å². The molecule has 136 valence electrons. The van der Waals surface area contributed by atoms with Gasteiger partial charge in [0.15, 0.2) is 0 Å². The van der Waals surface area contributed by atoms with Crippen LogP contribution in [0.5, 0.6) is 0 Å². The Morgan fingerprint density at radius 1 is 1.08 bits per heavy atom. The maximum Gasteiger partial charge on any atom is 0.326 e. The molecule has 0 bridgehead atoms. The first kappa shape index (κ1) is 18.5. The summed E-state index contributed by atoms with van der Waals surface area (Å²) in [5, 5.41) is -0.0237. The standard InChI is InChI=1S/C21H23NO3S/c1-15(2)19-21(16-10-6-4-7-11-16,17-12-8-5-9-13-17)20(24)22(26-19)14-18(23)25-3/h4-13,15,19H,14H2,1-3H3/t19-/m0/s1. The van der Waals surface area contributed by atoms with E-state index >= 15 is 0 Å². The Hall–Kier alpha value is -2.27. The molecule has 1 amide bonds. The van der Waals surface area contributed by atoms with E-state index in [4.69, 9.17) is 4.74 Å². The van der Waals surface area contributed by atoms with E-state index in [9.17, 15) is 9.59 Å².